The van der Waals surface area contributed by atoms with Gasteiger partial charge >= 0.3 is 0 Å². The Kier molecular flexibility index (Phi) is 3.15. The van der Waals surface area contributed by atoms with Crippen molar-refractivity contribution in [3.63, 3.8) is 0 Å². The molecule has 0 aliphatic rings. The molecule has 1 aromatic carbocycles. The third kappa shape index (κ3) is 1.99. The molecular formula is C15H15NO2. The van der Waals surface area contributed by atoms with Crippen LogP contribution in [0.15, 0.2) is 30.3 Å². The zero-order valence-electron chi connectivity index (χ0n) is 10.7. The maximum absolute atomic E-state index is 11.2. The molecule has 0 saturated carbocycles. The zero-order valence-corrected chi connectivity index (χ0v) is 10.7. The van der Waals surface area contributed by atoms with Crippen LogP contribution >= 0.6 is 0 Å². The highest BCUT2D eigenvalue weighted by atomic mass is 16.1. The lowest BCUT2D eigenvalue weighted by Crippen LogP contribution is -2.00. The number of nitrogens with zero attached hydrogens (tertiary/aromatic N) is 1. The van der Waals surface area contributed by atoms with Gasteiger partial charge in [-0.25, -0.2) is 0 Å². The summed E-state index contributed by atoms with van der Waals surface area (Å²) in [5.41, 5.74) is 4.27. The van der Waals surface area contributed by atoms with Crippen LogP contribution in [0.2, 0.25) is 0 Å². The molecule has 1 aromatic heterocycles. The van der Waals surface area contributed by atoms with E-state index in [2.05, 4.69) is 0 Å². The lowest BCUT2D eigenvalue weighted by Gasteiger charge is -2.09. The van der Waals surface area contributed by atoms with Crippen LogP contribution in [-0.2, 0) is 0 Å². The van der Waals surface area contributed by atoms with Gasteiger partial charge in [-0.3, -0.25) is 9.59 Å². The van der Waals surface area contributed by atoms with E-state index in [1.807, 2.05) is 36.6 Å². The fourth-order valence-electron chi connectivity index (χ4n) is 2.15. The molecule has 2 aromatic rings. The summed E-state index contributed by atoms with van der Waals surface area (Å²) in [4.78, 5) is 22.1. The van der Waals surface area contributed by atoms with Gasteiger partial charge in [0.25, 0.3) is 0 Å². The first-order chi connectivity index (χ1) is 8.54. The molecule has 0 radical (unpaired) electrons. The average Bonchev–Trinajstić information content (AvgIpc) is 2.64. The number of carbonyl (C=O) groups excluding carboxylic acids is 2. The van der Waals surface area contributed by atoms with Crippen LogP contribution in [0.1, 0.15) is 39.0 Å². The maximum atomic E-state index is 11.2. The summed E-state index contributed by atoms with van der Waals surface area (Å²) < 4.78 is 2.01. The van der Waals surface area contributed by atoms with Gasteiger partial charge in [0.1, 0.15) is 0 Å². The van der Waals surface area contributed by atoms with E-state index in [4.69, 9.17) is 0 Å². The Bertz CT molecular complexity index is 606. The highest BCUT2D eigenvalue weighted by Crippen LogP contribution is 2.20. The zero-order chi connectivity index (χ0) is 13.3. The van der Waals surface area contributed by atoms with Crippen LogP contribution in [0.4, 0.5) is 0 Å². The predicted octanol–water partition coefficient (Wildman–Crippen LogP) is 3.11. The summed E-state index contributed by atoms with van der Waals surface area (Å²) in [7, 11) is 0. The van der Waals surface area contributed by atoms with E-state index in [1.54, 1.807) is 19.1 Å². The second-order valence-corrected chi connectivity index (χ2v) is 4.38. The third-order valence-corrected chi connectivity index (χ3v) is 3.13. The Labute approximate surface area is 106 Å². The van der Waals surface area contributed by atoms with Crippen molar-refractivity contribution in [2.45, 2.75) is 20.8 Å². The van der Waals surface area contributed by atoms with Crippen molar-refractivity contribution in [2.24, 2.45) is 0 Å². The van der Waals surface area contributed by atoms with Gasteiger partial charge < -0.3 is 4.57 Å². The Morgan fingerprint density at radius 1 is 1.17 bits per heavy atom. The smallest absolute Gasteiger partial charge is 0.159 e. The highest BCUT2D eigenvalue weighted by molar-refractivity contribution is 5.94. The summed E-state index contributed by atoms with van der Waals surface area (Å²) in [5, 5.41) is 0. The minimum atomic E-state index is 0.0519. The van der Waals surface area contributed by atoms with Crippen LogP contribution in [0, 0.1) is 13.8 Å². The molecule has 0 unspecified atom stereocenters. The van der Waals surface area contributed by atoms with Crippen LogP contribution in [0.5, 0.6) is 0 Å². The van der Waals surface area contributed by atoms with Gasteiger partial charge in [0.15, 0.2) is 12.1 Å². The number of Topliss-reactive ketones (excluding diaryl/α,β-unsaturated/α-hetero) is 1. The van der Waals surface area contributed by atoms with Gasteiger partial charge in [-0.15, -0.1) is 0 Å². The number of hydrogen-bond donors (Lipinski definition) is 0. The maximum Gasteiger partial charge on any atom is 0.159 e. The molecule has 0 atom stereocenters. The first kappa shape index (κ1) is 12.3. The fraction of sp³-hybridized carbons (Fsp3) is 0.200. The molecule has 3 nitrogen and oxygen atoms in total. The fourth-order valence-corrected chi connectivity index (χ4v) is 2.15. The summed E-state index contributed by atoms with van der Waals surface area (Å²) >= 11 is 0. The molecule has 0 N–H and O–H groups in total. The molecule has 0 aliphatic heterocycles. The van der Waals surface area contributed by atoms with E-state index in [0.717, 1.165) is 23.4 Å². The molecule has 0 spiro atoms. The summed E-state index contributed by atoms with van der Waals surface area (Å²) in [6.07, 6.45) is 0.864. The number of aldehydes is 1. The Morgan fingerprint density at radius 2 is 1.78 bits per heavy atom. The van der Waals surface area contributed by atoms with E-state index < -0.39 is 0 Å². The van der Waals surface area contributed by atoms with Gasteiger partial charge in [-0.2, -0.15) is 0 Å². The van der Waals surface area contributed by atoms with Gasteiger partial charge in [0, 0.05) is 28.2 Å². The third-order valence-electron chi connectivity index (χ3n) is 3.13. The van der Waals surface area contributed by atoms with E-state index in [-0.39, 0.29) is 5.78 Å². The van der Waals surface area contributed by atoms with Crippen molar-refractivity contribution >= 4 is 12.1 Å². The number of aromatic nitrogens is 1. The van der Waals surface area contributed by atoms with Gasteiger partial charge in [-0.05, 0) is 51.1 Å². The Hall–Kier alpha value is -2.16. The van der Waals surface area contributed by atoms with Crippen molar-refractivity contribution in [3.05, 3.63) is 52.8 Å². The van der Waals surface area contributed by atoms with Gasteiger partial charge in [0.2, 0.25) is 0 Å². The van der Waals surface area contributed by atoms with E-state index in [1.165, 1.54) is 0 Å². The van der Waals surface area contributed by atoms with E-state index >= 15 is 0 Å². The van der Waals surface area contributed by atoms with Crippen molar-refractivity contribution in [3.8, 4) is 5.69 Å². The average molecular weight is 241 g/mol. The van der Waals surface area contributed by atoms with Crippen molar-refractivity contribution in [1.29, 1.82) is 0 Å². The van der Waals surface area contributed by atoms with Gasteiger partial charge in [0.05, 0.1) is 0 Å². The molecule has 0 amide bonds. The molecule has 2 rings (SSSR count). The van der Waals surface area contributed by atoms with Crippen LogP contribution in [-0.4, -0.2) is 16.6 Å². The topological polar surface area (TPSA) is 39.1 Å². The molecule has 0 aliphatic carbocycles. The SMILES string of the molecule is CC(=O)c1ccc(-n2c(C)cc(C=O)c2C)cc1. The molecule has 0 bridgehead atoms. The minimum Gasteiger partial charge on any atom is -0.318 e. The first-order valence-electron chi connectivity index (χ1n) is 5.80. The second kappa shape index (κ2) is 4.61. The number of ketones is 1. The van der Waals surface area contributed by atoms with Crippen LogP contribution in [0.25, 0.3) is 5.69 Å². The quantitative estimate of drug-likeness (QED) is 0.611. The van der Waals surface area contributed by atoms with E-state index in [9.17, 15) is 9.59 Å². The number of aryl methyl sites for hydroxylation is 1. The molecule has 0 saturated heterocycles. The molecular weight excluding hydrogens is 226 g/mol. The Morgan fingerprint density at radius 3 is 2.22 bits per heavy atom. The second-order valence-electron chi connectivity index (χ2n) is 4.38. The summed E-state index contributed by atoms with van der Waals surface area (Å²) in [6, 6.07) is 9.26. The monoisotopic (exact) mass is 241 g/mol. The van der Waals surface area contributed by atoms with E-state index in [0.29, 0.717) is 11.1 Å². The predicted molar refractivity (Wildman–Crippen MR) is 70.6 cm³/mol. The molecule has 3 heteroatoms. The molecule has 92 valence electrons. The van der Waals surface area contributed by atoms with Gasteiger partial charge in [-0.1, -0.05) is 0 Å². The first-order valence-corrected chi connectivity index (χ1v) is 5.80. The largest absolute Gasteiger partial charge is 0.318 e. The van der Waals surface area contributed by atoms with Crippen LogP contribution in [0.3, 0.4) is 0 Å². The molecule has 0 fully saturated rings. The summed E-state index contributed by atoms with van der Waals surface area (Å²) in [5.74, 6) is 0.0519. The van der Waals surface area contributed by atoms with Crippen LogP contribution < -0.4 is 0 Å². The lowest BCUT2D eigenvalue weighted by atomic mass is 10.1. The lowest BCUT2D eigenvalue weighted by molar-refractivity contribution is 0.101. The van der Waals surface area contributed by atoms with Crippen molar-refractivity contribution in [1.82, 2.24) is 4.57 Å². The molecule has 18 heavy (non-hydrogen) atoms. The van der Waals surface area contributed by atoms with Crippen molar-refractivity contribution < 1.29 is 9.59 Å². The Balaban J connectivity index is 2.52. The molecule has 1 heterocycles. The number of hydrogen-bond acceptors (Lipinski definition) is 2. The number of rotatable bonds is 3. The highest BCUT2D eigenvalue weighted by Gasteiger charge is 2.10. The summed E-state index contributed by atoms with van der Waals surface area (Å²) in [6.45, 7) is 5.42. The normalized spacial score (nSPS) is 10.4. The van der Waals surface area contributed by atoms with Crippen molar-refractivity contribution in [2.75, 3.05) is 0 Å². The number of benzene rings is 1. The standard InChI is InChI=1S/C15H15NO2/c1-10-8-14(9-17)11(2)16(10)15-6-4-13(5-7-15)12(3)18/h4-9H,1-3H3. The number of carbonyl (C=O) groups is 2. The minimum absolute atomic E-state index is 0.0519.